The van der Waals surface area contributed by atoms with Crippen molar-refractivity contribution in [3.05, 3.63) is 70.1 Å². The molecule has 0 bridgehead atoms. The van der Waals surface area contributed by atoms with Crippen molar-refractivity contribution in [1.29, 1.82) is 5.26 Å². The number of thiocarbonyl (C=S) groups is 1. The third-order valence-electron chi connectivity index (χ3n) is 4.73. The zero-order valence-corrected chi connectivity index (χ0v) is 16.6. The number of hydrogen-bond donors (Lipinski definition) is 2. The number of nitrogens with one attached hydrogen (secondary N) is 2. The van der Waals surface area contributed by atoms with Gasteiger partial charge in [-0.3, -0.25) is 10.1 Å². The van der Waals surface area contributed by atoms with Crippen LogP contribution in [0.1, 0.15) is 28.0 Å². The van der Waals surface area contributed by atoms with Gasteiger partial charge in [0.2, 0.25) is 5.91 Å². The van der Waals surface area contributed by atoms with Crippen molar-refractivity contribution in [2.45, 2.75) is 19.3 Å². The quantitative estimate of drug-likeness (QED) is 0.488. The largest absolute Gasteiger partial charge is 0.323 e. The molecule has 4 rings (SSSR count). The summed E-state index contributed by atoms with van der Waals surface area (Å²) in [6, 6.07) is 16.3. The normalized spacial score (nSPS) is 12.7. The van der Waals surface area contributed by atoms with Crippen LogP contribution in [0.2, 0.25) is 0 Å². The van der Waals surface area contributed by atoms with Crippen LogP contribution >= 0.6 is 23.6 Å². The minimum absolute atomic E-state index is 0.198. The van der Waals surface area contributed by atoms with Crippen LogP contribution in [0.4, 0.5) is 5.00 Å². The van der Waals surface area contributed by atoms with E-state index in [0.717, 1.165) is 46.2 Å². The molecule has 2 aromatic carbocycles. The van der Waals surface area contributed by atoms with Gasteiger partial charge in [-0.15, -0.1) is 11.3 Å². The summed E-state index contributed by atoms with van der Waals surface area (Å²) in [5, 5.41) is 18.2. The minimum atomic E-state index is -0.312. The summed E-state index contributed by atoms with van der Waals surface area (Å²) >= 11 is 6.80. The molecule has 1 amide bonds. The lowest BCUT2D eigenvalue weighted by atomic mass is 10.0. The summed E-state index contributed by atoms with van der Waals surface area (Å²) < 4.78 is 0. The summed E-state index contributed by atoms with van der Waals surface area (Å²) in [5.41, 5.74) is 2.74. The molecule has 4 nitrogen and oxygen atoms in total. The molecule has 2 N–H and O–H groups in total. The molecule has 0 fully saturated rings. The number of thiophene rings is 1. The molecule has 0 saturated heterocycles. The maximum Gasteiger partial charge on any atom is 0.250 e. The topological polar surface area (TPSA) is 64.9 Å². The lowest BCUT2D eigenvalue weighted by Gasteiger charge is -2.07. The van der Waals surface area contributed by atoms with Crippen molar-refractivity contribution in [2.75, 3.05) is 5.32 Å². The number of carbonyl (C=O) groups excluding carboxylic acids is 1. The Kier molecular flexibility index (Phi) is 5.20. The summed E-state index contributed by atoms with van der Waals surface area (Å²) in [5.74, 6) is -0.312. The molecule has 0 spiro atoms. The number of nitrogens with zero attached hydrogens (tertiary/aromatic N) is 1. The van der Waals surface area contributed by atoms with Crippen molar-refractivity contribution in [3.8, 4) is 6.07 Å². The van der Waals surface area contributed by atoms with E-state index in [0.29, 0.717) is 5.56 Å². The van der Waals surface area contributed by atoms with Gasteiger partial charge < -0.3 is 5.32 Å². The van der Waals surface area contributed by atoms with E-state index < -0.39 is 0 Å². The number of carbonyl (C=O) groups is 1. The van der Waals surface area contributed by atoms with Crippen LogP contribution in [-0.2, 0) is 17.6 Å². The maximum absolute atomic E-state index is 12.3. The van der Waals surface area contributed by atoms with E-state index in [2.05, 4.69) is 16.7 Å². The Morgan fingerprint density at radius 2 is 2.00 bits per heavy atom. The first kappa shape index (κ1) is 18.4. The fourth-order valence-electron chi connectivity index (χ4n) is 3.46. The number of fused-ring (bicyclic) bond motifs is 2. The van der Waals surface area contributed by atoms with Crippen molar-refractivity contribution < 1.29 is 4.79 Å². The maximum atomic E-state index is 12.3. The average Bonchev–Trinajstić information content (AvgIpc) is 3.26. The summed E-state index contributed by atoms with van der Waals surface area (Å²) in [4.78, 5) is 13.5. The molecule has 0 saturated carbocycles. The van der Waals surface area contributed by atoms with E-state index >= 15 is 0 Å². The predicted molar refractivity (Wildman–Crippen MR) is 118 cm³/mol. The highest BCUT2D eigenvalue weighted by atomic mass is 32.1. The molecule has 1 aliphatic rings. The van der Waals surface area contributed by atoms with Gasteiger partial charge in [-0.25, -0.2) is 0 Å². The zero-order valence-electron chi connectivity index (χ0n) is 15.0. The Morgan fingerprint density at radius 3 is 2.86 bits per heavy atom. The fourth-order valence-corrected chi connectivity index (χ4v) is 4.97. The second-order valence-electron chi connectivity index (χ2n) is 6.52. The summed E-state index contributed by atoms with van der Waals surface area (Å²) in [6.45, 7) is 0. The number of benzene rings is 2. The number of rotatable bonds is 3. The van der Waals surface area contributed by atoms with Gasteiger partial charge in [0, 0.05) is 11.0 Å². The van der Waals surface area contributed by atoms with E-state index in [4.69, 9.17) is 12.2 Å². The van der Waals surface area contributed by atoms with E-state index in [1.807, 2.05) is 42.5 Å². The van der Waals surface area contributed by atoms with Crippen molar-refractivity contribution in [2.24, 2.45) is 0 Å². The Labute approximate surface area is 172 Å². The molecule has 0 atom stereocenters. The number of amides is 1. The zero-order chi connectivity index (χ0) is 19.5. The van der Waals surface area contributed by atoms with Gasteiger partial charge in [0.1, 0.15) is 11.1 Å². The fraction of sp³-hybridized carbons (Fsp3) is 0.136. The average molecular weight is 404 g/mol. The van der Waals surface area contributed by atoms with Crippen LogP contribution in [0.15, 0.2) is 48.5 Å². The van der Waals surface area contributed by atoms with Gasteiger partial charge in [-0.05, 0) is 59.5 Å². The Balaban J connectivity index is 1.43. The van der Waals surface area contributed by atoms with Gasteiger partial charge in [-0.1, -0.05) is 42.5 Å². The van der Waals surface area contributed by atoms with E-state index in [1.165, 1.54) is 11.0 Å². The second-order valence-corrected chi connectivity index (χ2v) is 8.03. The summed E-state index contributed by atoms with van der Waals surface area (Å²) in [6.07, 6.45) is 6.28. The molecule has 3 aromatic rings. The molecule has 1 aliphatic carbocycles. The highest BCUT2D eigenvalue weighted by Gasteiger charge is 2.22. The van der Waals surface area contributed by atoms with Crippen LogP contribution in [0.5, 0.6) is 0 Å². The van der Waals surface area contributed by atoms with Crippen molar-refractivity contribution in [3.63, 3.8) is 0 Å². The molecule has 1 aromatic heterocycles. The Hall–Kier alpha value is -3.01. The van der Waals surface area contributed by atoms with Gasteiger partial charge in [0.05, 0.1) is 5.56 Å². The van der Waals surface area contributed by atoms with Crippen molar-refractivity contribution in [1.82, 2.24) is 5.32 Å². The molecular weight excluding hydrogens is 386 g/mol. The number of nitriles is 1. The molecule has 0 radical (unpaired) electrons. The smallest absolute Gasteiger partial charge is 0.250 e. The molecule has 6 heteroatoms. The standard InChI is InChI=1S/C22H17N3OS2/c23-13-18-17-9-4-10-19(17)28-21(18)25-22(27)24-20(26)12-11-15-7-3-6-14-5-1-2-8-16(14)15/h1-3,5-8,11-12H,4,9-10H2,(H2,24,25,26,27). The van der Waals surface area contributed by atoms with Crippen LogP contribution in [0, 0.1) is 11.3 Å². The van der Waals surface area contributed by atoms with E-state index in [1.54, 1.807) is 17.4 Å². The number of hydrogen-bond acceptors (Lipinski definition) is 4. The SMILES string of the molecule is N#Cc1c(NC(=S)NC(=O)C=Cc2cccc3ccccc23)sc2c1CCC2. The number of anilines is 1. The lowest BCUT2D eigenvalue weighted by molar-refractivity contribution is -0.115. The highest BCUT2D eigenvalue weighted by Crippen LogP contribution is 2.38. The molecule has 1 heterocycles. The first-order valence-corrected chi connectivity index (χ1v) is 10.2. The predicted octanol–water partition coefficient (Wildman–Crippen LogP) is 4.79. The van der Waals surface area contributed by atoms with E-state index in [-0.39, 0.29) is 11.0 Å². The third-order valence-corrected chi connectivity index (χ3v) is 6.15. The van der Waals surface area contributed by atoms with Crippen LogP contribution in [0.3, 0.4) is 0 Å². The molecule has 0 unspecified atom stereocenters. The van der Waals surface area contributed by atoms with Gasteiger partial charge in [-0.2, -0.15) is 5.26 Å². The third kappa shape index (κ3) is 3.68. The van der Waals surface area contributed by atoms with E-state index in [9.17, 15) is 10.1 Å². The highest BCUT2D eigenvalue weighted by molar-refractivity contribution is 7.80. The molecule has 0 aliphatic heterocycles. The van der Waals surface area contributed by atoms with Gasteiger partial charge in [0.25, 0.3) is 0 Å². The second kappa shape index (κ2) is 7.93. The van der Waals surface area contributed by atoms with Crippen LogP contribution < -0.4 is 10.6 Å². The first-order valence-electron chi connectivity index (χ1n) is 8.98. The molecule has 138 valence electrons. The van der Waals surface area contributed by atoms with Gasteiger partial charge >= 0.3 is 0 Å². The Bertz CT molecular complexity index is 1150. The summed E-state index contributed by atoms with van der Waals surface area (Å²) in [7, 11) is 0. The lowest BCUT2D eigenvalue weighted by Crippen LogP contribution is -2.32. The van der Waals surface area contributed by atoms with Crippen LogP contribution in [-0.4, -0.2) is 11.0 Å². The van der Waals surface area contributed by atoms with Gasteiger partial charge in [0.15, 0.2) is 5.11 Å². The Morgan fingerprint density at radius 1 is 1.18 bits per heavy atom. The number of aryl methyl sites for hydroxylation is 1. The molecular formula is C22H17N3OS2. The van der Waals surface area contributed by atoms with Crippen molar-refractivity contribution >= 4 is 56.4 Å². The monoisotopic (exact) mass is 403 g/mol. The molecule has 28 heavy (non-hydrogen) atoms. The minimum Gasteiger partial charge on any atom is -0.323 e. The van der Waals surface area contributed by atoms with Crippen LogP contribution in [0.25, 0.3) is 16.8 Å². The first-order chi connectivity index (χ1) is 13.7.